The minimum absolute atomic E-state index is 0.663. The number of aromatic nitrogens is 2. The lowest BCUT2D eigenvalue weighted by Crippen LogP contribution is -2.33. The second-order valence-electron chi connectivity index (χ2n) is 5.18. The number of hydrogen-bond donors (Lipinski definition) is 1. The quantitative estimate of drug-likeness (QED) is 0.878. The maximum atomic E-state index is 5.62. The van der Waals surface area contributed by atoms with E-state index >= 15 is 0 Å². The lowest BCUT2D eigenvalue weighted by atomic mass is 10.4. The third-order valence-electron chi connectivity index (χ3n) is 3.68. The van der Waals surface area contributed by atoms with Crippen LogP contribution in [0.25, 0.3) is 0 Å². The van der Waals surface area contributed by atoms with Gasteiger partial charge in [-0.3, -0.25) is 0 Å². The zero-order chi connectivity index (χ0) is 12.4. The van der Waals surface area contributed by atoms with Crippen LogP contribution in [0, 0.1) is 0 Å². The summed E-state index contributed by atoms with van der Waals surface area (Å²) < 4.78 is 4.49. The lowest BCUT2D eigenvalue weighted by molar-refractivity contribution is 0.302. The molecule has 1 aromatic rings. The Bertz CT molecular complexity index is 390. The van der Waals surface area contributed by atoms with E-state index < -0.39 is 0 Å². The molecule has 5 nitrogen and oxygen atoms in total. The van der Waals surface area contributed by atoms with Gasteiger partial charge in [-0.15, -0.1) is 0 Å². The van der Waals surface area contributed by atoms with Crippen LogP contribution in [0.4, 0.5) is 5.13 Å². The molecule has 2 N–H and O–H groups in total. The van der Waals surface area contributed by atoms with Crippen molar-refractivity contribution >= 4 is 16.7 Å². The van der Waals surface area contributed by atoms with Crippen LogP contribution in [0.1, 0.15) is 31.0 Å². The highest BCUT2D eigenvalue weighted by molar-refractivity contribution is 7.09. The van der Waals surface area contributed by atoms with E-state index in [0.717, 1.165) is 50.2 Å². The van der Waals surface area contributed by atoms with Crippen molar-refractivity contribution in [2.75, 3.05) is 44.2 Å². The molecule has 2 aliphatic rings. The fourth-order valence-electron chi connectivity index (χ4n) is 2.43. The zero-order valence-corrected chi connectivity index (χ0v) is 11.5. The van der Waals surface area contributed by atoms with Crippen molar-refractivity contribution in [1.29, 1.82) is 0 Å². The van der Waals surface area contributed by atoms with Crippen LogP contribution in [-0.2, 0) is 0 Å². The van der Waals surface area contributed by atoms with Crippen molar-refractivity contribution in [2.24, 2.45) is 5.73 Å². The molecule has 0 atom stereocenters. The van der Waals surface area contributed by atoms with E-state index in [1.807, 2.05) is 0 Å². The van der Waals surface area contributed by atoms with Crippen LogP contribution < -0.4 is 10.6 Å². The maximum Gasteiger partial charge on any atom is 0.205 e. The number of nitrogens with two attached hydrogens (primary N) is 1. The van der Waals surface area contributed by atoms with Crippen molar-refractivity contribution in [2.45, 2.75) is 25.2 Å². The monoisotopic (exact) mass is 267 g/mol. The highest BCUT2D eigenvalue weighted by Gasteiger charge is 2.28. The molecule has 1 saturated carbocycles. The van der Waals surface area contributed by atoms with Crippen LogP contribution in [0.15, 0.2) is 0 Å². The minimum Gasteiger partial charge on any atom is -0.346 e. The second-order valence-corrected chi connectivity index (χ2v) is 5.91. The van der Waals surface area contributed by atoms with Crippen molar-refractivity contribution in [3.63, 3.8) is 0 Å². The van der Waals surface area contributed by atoms with E-state index in [2.05, 4.69) is 14.2 Å². The summed E-state index contributed by atoms with van der Waals surface area (Å²) in [5, 5.41) is 1.12. The van der Waals surface area contributed by atoms with Crippen molar-refractivity contribution in [3.8, 4) is 0 Å². The van der Waals surface area contributed by atoms with E-state index in [9.17, 15) is 0 Å². The van der Waals surface area contributed by atoms with Gasteiger partial charge in [-0.25, -0.2) is 4.98 Å². The average Bonchev–Trinajstić information content (AvgIpc) is 3.15. The lowest BCUT2D eigenvalue weighted by Gasteiger charge is -2.20. The fourth-order valence-corrected chi connectivity index (χ4v) is 3.23. The Morgan fingerprint density at radius 2 is 2.11 bits per heavy atom. The van der Waals surface area contributed by atoms with E-state index in [1.165, 1.54) is 19.3 Å². The molecule has 0 unspecified atom stereocenters. The average molecular weight is 267 g/mol. The molecule has 0 amide bonds. The predicted molar refractivity (Wildman–Crippen MR) is 74.2 cm³/mol. The smallest absolute Gasteiger partial charge is 0.205 e. The summed E-state index contributed by atoms with van der Waals surface area (Å²) in [4.78, 5) is 9.53. The molecule has 1 aliphatic heterocycles. The number of nitrogens with zero attached hydrogens (tertiary/aromatic N) is 4. The Kier molecular flexibility index (Phi) is 3.77. The summed E-state index contributed by atoms with van der Waals surface area (Å²) in [6, 6.07) is 0. The first kappa shape index (κ1) is 12.3. The second kappa shape index (κ2) is 5.50. The summed E-state index contributed by atoms with van der Waals surface area (Å²) in [5.41, 5.74) is 5.62. The summed E-state index contributed by atoms with van der Waals surface area (Å²) in [7, 11) is 0. The number of rotatable bonds is 4. The number of hydrogen-bond acceptors (Lipinski definition) is 6. The molecule has 1 aromatic heterocycles. The van der Waals surface area contributed by atoms with Crippen LogP contribution >= 0.6 is 11.5 Å². The molecule has 3 rings (SSSR count). The van der Waals surface area contributed by atoms with E-state index in [-0.39, 0.29) is 0 Å². The van der Waals surface area contributed by atoms with E-state index in [1.54, 1.807) is 11.5 Å². The molecule has 1 saturated heterocycles. The van der Waals surface area contributed by atoms with Gasteiger partial charge >= 0.3 is 0 Å². The van der Waals surface area contributed by atoms with Gasteiger partial charge < -0.3 is 15.5 Å². The van der Waals surface area contributed by atoms with Gasteiger partial charge in [-0.05, 0) is 25.8 Å². The largest absolute Gasteiger partial charge is 0.346 e. The molecule has 0 aromatic carbocycles. The van der Waals surface area contributed by atoms with Gasteiger partial charge in [-0.2, -0.15) is 4.37 Å². The van der Waals surface area contributed by atoms with E-state index in [4.69, 9.17) is 10.7 Å². The van der Waals surface area contributed by atoms with Gasteiger partial charge in [-0.1, -0.05) is 0 Å². The predicted octanol–water partition coefficient (Wildman–Crippen LogP) is 0.886. The molecule has 6 heteroatoms. The van der Waals surface area contributed by atoms with Crippen LogP contribution in [-0.4, -0.2) is 53.5 Å². The first-order chi connectivity index (χ1) is 8.86. The SMILES string of the molecule is NCCN1CCCN(c2nc(C3CC3)ns2)CC1. The molecule has 2 fully saturated rings. The summed E-state index contributed by atoms with van der Waals surface area (Å²) in [6.07, 6.45) is 3.75. The molecule has 18 heavy (non-hydrogen) atoms. The van der Waals surface area contributed by atoms with Crippen molar-refractivity contribution in [3.05, 3.63) is 5.82 Å². The molecule has 0 spiro atoms. The Hall–Kier alpha value is -0.720. The normalized spacial score (nSPS) is 22.2. The third-order valence-corrected chi connectivity index (χ3v) is 4.47. The third kappa shape index (κ3) is 2.81. The van der Waals surface area contributed by atoms with Crippen LogP contribution in [0.2, 0.25) is 0 Å². The Balaban J connectivity index is 1.61. The highest BCUT2D eigenvalue weighted by Crippen LogP contribution is 2.39. The minimum atomic E-state index is 0.663. The van der Waals surface area contributed by atoms with Gasteiger partial charge in [0.15, 0.2) is 0 Å². The molecule has 1 aliphatic carbocycles. The fraction of sp³-hybridized carbons (Fsp3) is 0.833. The first-order valence-electron chi connectivity index (χ1n) is 6.88. The van der Waals surface area contributed by atoms with Gasteiger partial charge in [0.25, 0.3) is 0 Å². The number of anilines is 1. The molecule has 0 radical (unpaired) electrons. The van der Waals surface area contributed by atoms with Gasteiger partial charge in [0.05, 0.1) is 0 Å². The van der Waals surface area contributed by atoms with Crippen LogP contribution in [0.5, 0.6) is 0 Å². The summed E-state index contributed by atoms with van der Waals surface area (Å²) in [6.45, 7) is 6.17. The molecule has 0 bridgehead atoms. The van der Waals surface area contributed by atoms with Gasteiger partial charge in [0.1, 0.15) is 5.82 Å². The highest BCUT2D eigenvalue weighted by atomic mass is 32.1. The van der Waals surface area contributed by atoms with Crippen LogP contribution in [0.3, 0.4) is 0 Å². The van der Waals surface area contributed by atoms with Gasteiger partial charge in [0.2, 0.25) is 5.13 Å². The standard InChI is InChI=1S/C12H21N5S/c13-4-7-16-5-1-6-17(9-8-16)12-14-11(15-18-12)10-2-3-10/h10H,1-9,13H2. The Morgan fingerprint density at radius 1 is 1.22 bits per heavy atom. The van der Waals surface area contributed by atoms with Crippen molar-refractivity contribution < 1.29 is 0 Å². The van der Waals surface area contributed by atoms with Crippen molar-refractivity contribution in [1.82, 2.24) is 14.3 Å². The maximum absolute atomic E-state index is 5.62. The first-order valence-corrected chi connectivity index (χ1v) is 7.65. The molecular formula is C12H21N5S. The molecule has 100 valence electrons. The van der Waals surface area contributed by atoms with E-state index in [0.29, 0.717) is 5.92 Å². The Morgan fingerprint density at radius 3 is 2.89 bits per heavy atom. The summed E-state index contributed by atoms with van der Waals surface area (Å²) in [5.74, 6) is 1.74. The molecular weight excluding hydrogens is 246 g/mol. The van der Waals surface area contributed by atoms with Gasteiger partial charge in [0, 0.05) is 50.2 Å². The summed E-state index contributed by atoms with van der Waals surface area (Å²) >= 11 is 1.57. The Labute approximate surface area is 112 Å². The topological polar surface area (TPSA) is 58.3 Å². The zero-order valence-electron chi connectivity index (χ0n) is 10.7. The molecule has 2 heterocycles.